The number of halogens is 1. The summed E-state index contributed by atoms with van der Waals surface area (Å²) in [6, 6.07) is 7.98. The minimum absolute atomic E-state index is 0.226. The summed E-state index contributed by atoms with van der Waals surface area (Å²) in [6.07, 6.45) is 1.23. The van der Waals surface area contributed by atoms with E-state index in [1.807, 2.05) is 30.9 Å². The van der Waals surface area contributed by atoms with E-state index in [0.29, 0.717) is 0 Å². The number of ether oxygens (including phenoxy) is 1. The Morgan fingerprint density at radius 2 is 2.07 bits per heavy atom. The van der Waals surface area contributed by atoms with Crippen LogP contribution >= 0.6 is 35.1 Å². The van der Waals surface area contributed by atoms with E-state index in [-0.39, 0.29) is 5.54 Å². The van der Waals surface area contributed by atoms with Gasteiger partial charge in [-0.05, 0) is 36.4 Å². The summed E-state index contributed by atoms with van der Waals surface area (Å²) in [6.45, 7) is 5.57. The molecule has 1 atom stereocenters. The number of morpholine rings is 1. The first kappa shape index (κ1) is 21.1. The summed E-state index contributed by atoms with van der Waals surface area (Å²) in [7, 11) is 1.84. The zero-order chi connectivity index (χ0) is 19.0. The number of guanidine groups is 1. The lowest BCUT2D eigenvalue weighted by molar-refractivity contribution is -0.0120. The highest BCUT2D eigenvalue weighted by atomic mass is 35.5. The van der Waals surface area contributed by atoms with Crippen LogP contribution in [-0.4, -0.2) is 80.1 Å². The molecule has 0 amide bonds. The molecular weight excluding hydrogens is 400 g/mol. The summed E-state index contributed by atoms with van der Waals surface area (Å²) in [5, 5.41) is 7.79. The van der Waals surface area contributed by atoms with Gasteiger partial charge in [0.25, 0.3) is 0 Å². The van der Waals surface area contributed by atoms with Crippen LogP contribution in [0.4, 0.5) is 0 Å². The number of nitrogens with one attached hydrogen (secondary N) is 2. The van der Waals surface area contributed by atoms with Crippen LogP contribution < -0.4 is 10.6 Å². The van der Waals surface area contributed by atoms with Crippen molar-refractivity contribution in [1.29, 1.82) is 0 Å². The summed E-state index contributed by atoms with van der Waals surface area (Å²) in [5.41, 5.74) is 0.226. The summed E-state index contributed by atoms with van der Waals surface area (Å²) in [5.74, 6) is 4.29. The number of rotatable bonds is 7. The fourth-order valence-corrected chi connectivity index (χ4v) is 5.84. The quantitative estimate of drug-likeness (QED) is 0.301. The number of hydrogen-bond donors (Lipinski definition) is 2. The van der Waals surface area contributed by atoms with Gasteiger partial charge in [-0.1, -0.05) is 11.6 Å². The summed E-state index contributed by atoms with van der Waals surface area (Å²) >= 11 is 9.81. The van der Waals surface area contributed by atoms with Gasteiger partial charge < -0.3 is 15.4 Å². The molecule has 0 aliphatic carbocycles. The van der Waals surface area contributed by atoms with Crippen molar-refractivity contribution in [3.63, 3.8) is 0 Å². The van der Waals surface area contributed by atoms with Crippen molar-refractivity contribution >= 4 is 41.1 Å². The van der Waals surface area contributed by atoms with Crippen molar-refractivity contribution in [2.45, 2.75) is 16.9 Å². The van der Waals surface area contributed by atoms with E-state index in [1.54, 1.807) is 0 Å². The monoisotopic (exact) mass is 428 g/mol. The molecule has 1 unspecified atom stereocenters. The van der Waals surface area contributed by atoms with Gasteiger partial charge in [0.1, 0.15) is 0 Å². The zero-order valence-corrected chi connectivity index (χ0v) is 18.3. The van der Waals surface area contributed by atoms with Gasteiger partial charge in [0.15, 0.2) is 5.96 Å². The number of benzene rings is 1. The smallest absolute Gasteiger partial charge is 0.191 e. The molecular formula is C19H29ClN4OS2. The normalized spacial score (nSPS) is 24.1. The van der Waals surface area contributed by atoms with E-state index >= 15 is 0 Å². The fourth-order valence-electron chi connectivity index (χ4n) is 3.47. The molecule has 2 aliphatic heterocycles. The Hall–Kier alpha value is -0.600. The Balaban J connectivity index is 1.43. The molecule has 1 aromatic rings. The van der Waals surface area contributed by atoms with E-state index in [2.05, 4.69) is 44.4 Å². The minimum atomic E-state index is 0.226. The fraction of sp³-hybridized carbons (Fsp3) is 0.632. The van der Waals surface area contributed by atoms with Crippen LogP contribution in [0.2, 0.25) is 5.02 Å². The van der Waals surface area contributed by atoms with Crippen LogP contribution in [0.3, 0.4) is 0 Å². The Bertz CT molecular complexity index is 602. The molecule has 2 saturated heterocycles. The molecule has 2 heterocycles. The van der Waals surface area contributed by atoms with Crippen molar-refractivity contribution in [3.05, 3.63) is 29.3 Å². The van der Waals surface area contributed by atoms with Gasteiger partial charge in [0.2, 0.25) is 0 Å². The molecule has 0 bridgehead atoms. The highest BCUT2D eigenvalue weighted by Gasteiger charge is 2.40. The lowest BCUT2D eigenvalue weighted by Crippen LogP contribution is -2.60. The highest BCUT2D eigenvalue weighted by molar-refractivity contribution is 7.99. The predicted molar refractivity (Wildman–Crippen MR) is 119 cm³/mol. The zero-order valence-electron chi connectivity index (χ0n) is 15.9. The number of aliphatic imine (C=N–C) groups is 1. The van der Waals surface area contributed by atoms with Gasteiger partial charge in [-0.15, -0.1) is 11.8 Å². The molecule has 1 aromatic carbocycles. The second-order valence-corrected chi connectivity index (χ2v) is 9.49. The van der Waals surface area contributed by atoms with Crippen molar-refractivity contribution < 1.29 is 4.74 Å². The van der Waals surface area contributed by atoms with Gasteiger partial charge in [-0.25, -0.2) is 0 Å². The van der Waals surface area contributed by atoms with Crippen LogP contribution in [0.15, 0.2) is 34.2 Å². The van der Waals surface area contributed by atoms with Crippen molar-refractivity contribution in [3.8, 4) is 0 Å². The third-order valence-corrected chi connectivity index (χ3v) is 7.55. The lowest BCUT2D eigenvalue weighted by Gasteiger charge is -2.43. The van der Waals surface area contributed by atoms with E-state index in [9.17, 15) is 0 Å². The summed E-state index contributed by atoms with van der Waals surface area (Å²) in [4.78, 5) is 8.25. The highest BCUT2D eigenvalue weighted by Crippen LogP contribution is 2.33. The van der Waals surface area contributed by atoms with E-state index in [1.165, 1.54) is 22.8 Å². The molecule has 2 fully saturated rings. The minimum Gasteiger partial charge on any atom is -0.379 e. The van der Waals surface area contributed by atoms with Crippen LogP contribution in [-0.2, 0) is 4.74 Å². The van der Waals surface area contributed by atoms with Crippen LogP contribution in [0.5, 0.6) is 0 Å². The molecule has 27 heavy (non-hydrogen) atoms. The number of thioether (sulfide) groups is 2. The van der Waals surface area contributed by atoms with Crippen molar-refractivity contribution in [2.75, 3.05) is 63.7 Å². The third-order valence-electron chi connectivity index (χ3n) is 5.05. The standard InChI is InChI=1S/C19H29ClN4OS2/c1-21-18(22-7-13-27-17-4-2-16(20)3-5-17)23-14-19(6-12-26-15-19)24-8-10-25-11-9-24/h2-5H,6-15H2,1H3,(H2,21,22,23). The molecule has 2 N–H and O–H groups in total. The van der Waals surface area contributed by atoms with Crippen LogP contribution in [0, 0.1) is 0 Å². The van der Waals surface area contributed by atoms with Crippen molar-refractivity contribution in [2.24, 2.45) is 4.99 Å². The maximum Gasteiger partial charge on any atom is 0.191 e. The Morgan fingerprint density at radius 3 is 2.74 bits per heavy atom. The number of nitrogens with zero attached hydrogens (tertiary/aromatic N) is 2. The SMILES string of the molecule is CN=C(NCCSc1ccc(Cl)cc1)NCC1(N2CCOCC2)CCSC1. The first-order valence-electron chi connectivity index (χ1n) is 9.45. The molecule has 0 spiro atoms. The summed E-state index contributed by atoms with van der Waals surface area (Å²) < 4.78 is 5.54. The average Bonchev–Trinajstić information content (AvgIpc) is 3.20. The van der Waals surface area contributed by atoms with Gasteiger partial charge in [0, 0.05) is 60.2 Å². The maximum absolute atomic E-state index is 5.93. The van der Waals surface area contributed by atoms with E-state index in [0.717, 1.165) is 56.1 Å². The second-order valence-electron chi connectivity index (χ2n) is 6.78. The lowest BCUT2D eigenvalue weighted by atomic mass is 9.95. The number of hydrogen-bond acceptors (Lipinski definition) is 5. The molecule has 8 heteroatoms. The largest absolute Gasteiger partial charge is 0.379 e. The van der Waals surface area contributed by atoms with Gasteiger partial charge in [-0.2, -0.15) is 11.8 Å². The predicted octanol–water partition coefficient (Wildman–Crippen LogP) is 2.81. The molecule has 150 valence electrons. The van der Waals surface area contributed by atoms with Gasteiger partial charge in [0.05, 0.1) is 13.2 Å². The van der Waals surface area contributed by atoms with Crippen LogP contribution in [0.1, 0.15) is 6.42 Å². The second kappa shape index (κ2) is 10.8. The molecule has 3 rings (SSSR count). The Kier molecular flexibility index (Phi) is 8.46. The topological polar surface area (TPSA) is 48.9 Å². The Labute approximate surface area is 176 Å². The molecule has 2 aliphatic rings. The van der Waals surface area contributed by atoms with Gasteiger partial charge in [-0.3, -0.25) is 9.89 Å². The van der Waals surface area contributed by atoms with Gasteiger partial charge >= 0.3 is 0 Å². The van der Waals surface area contributed by atoms with Crippen molar-refractivity contribution in [1.82, 2.24) is 15.5 Å². The third kappa shape index (κ3) is 6.19. The average molecular weight is 429 g/mol. The van der Waals surface area contributed by atoms with Crippen LogP contribution in [0.25, 0.3) is 0 Å². The molecule has 0 aromatic heterocycles. The van der Waals surface area contributed by atoms with E-state index < -0.39 is 0 Å². The molecule has 0 radical (unpaired) electrons. The first-order valence-corrected chi connectivity index (χ1v) is 12.0. The maximum atomic E-state index is 5.93. The van der Waals surface area contributed by atoms with E-state index in [4.69, 9.17) is 16.3 Å². The molecule has 5 nitrogen and oxygen atoms in total. The molecule has 0 saturated carbocycles. The first-order chi connectivity index (χ1) is 13.2. The Morgan fingerprint density at radius 1 is 1.30 bits per heavy atom.